The van der Waals surface area contributed by atoms with Crippen molar-refractivity contribution >= 4 is 39.7 Å². The Morgan fingerprint density at radius 3 is 2.14 bits per heavy atom. The lowest BCUT2D eigenvalue weighted by Gasteiger charge is -2.36. The fraction of sp³-hybridized carbons (Fsp3) is 0.267. The van der Waals surface area contributed by atoms with Crippen LogP contribution in [0.1, 0.15) is 70.1 Å². The number of halogens is 1. The molecule has 3 aromatic carbocycles. The standard InChI is InChI=1S/C30H25BrN2O4/c1-29(2,3)37-28(36)24-23(17-12-14-19(31)15-13-17)30(26(34)21-10-6-7-11-22(21)27(30)35)25-20-9-5-4-8-18(20)16-32-33(24)25/h4-16,23-25H,1-3H3/t23-,24+,25-/m0/s1. The smallest absolute Gasteiger partial charge is 0.331 e. The molecule has 6 nitrogen and oxygen atoms in total. The van der Waals surface area contributed by atoms with Crippen molar-refractivity contribution in [3.63, 3.8) is 0 Å². The van der Waals surface area contributed by atoms with E-state index in [1.54, 1.807) is 56.3 Å². The van der Waals surface area contributed by atoms with Crippen LogP contribution in [0.2, 0.25) is 0 Å². The first kappa shape index (κ1) is 23.8. The number of esters is 1. The average Bonchev–Trinajstić information content (AvgIpc) is 3.30. The molecule has 0 saturated carbocycles. The number of ether oxygens (including phenoxy) is 1. The molecule has 1 saturated heterocycles. The number of benzene rings is 3. The first-order valence-corrected chi connectivity index (χ1v) is 13.0. The van der Waals surface area contributed by atoms with Crippen molar-refractivity contribution < 1.29 is 19.1 Å². The molecule has 1 aliphatic carbocycles. The minimum absolute atomic E-state index is 0.283. The lowest BCUT2D eigenvalue weighted by atomic mass is 9.63. The third kappa shape index (κ3) is 3.37. The summed E-state index contributed by atoms with van der Waals surface area (Å²) in [5, 5.41) is 6.35. The zero-order valence-corrected chi connectivity index (χ0v) is 22.2. The van der Waals surface area contributed by atoms with Gasteiger partial charge in [-0.25, -0.2) is 4.79 Å². The SMILES string of the molecule is CC(C)(C)OC(=O)[C@H]1[C@H](c2ccc(Br)cc2)C2(C(=O)c3ccccc3C2=O)[C@@H]2c3ccccc3C=NN21. The van der Waals surface area contributed by atoms with E-state index in [0.717, 1.165) is 15.6 Å². The van der Waals surface area contributed by atoms with Crippen LogP contribution in [0.5, 0.6) is 0 Å². The molecular weight excluding hydrogens is 532 g/mol. The third-order valence-corrected chi connectivity index (χ3v) is 7.98. The lowest BCUT2D eigenvalue weighted by molar-refractivity contribution is -0.161. The van der Waals surface area contributed by atoms with Crippen molar-refractivity contribution in [2.45, 2.75) is 44.4 Å². The van der Waals surface area contributed by atoms with Gasteiger partial charge in [0.1, 0.15) is 11.0 Å². The highest BCUT2D eigenvalue weighted by Crippen LogP contribution is 2.64. The molecule has 0 radical (unpaired) electrons. The van der Waals surface area contributed by atoms with Gasteiger partial charge in [-0.15, -0.1) is 0 Å². The Labute approximate surface area is 223 Å². The van der Waals surface area contributed by atoms with E-state index in [9.17, 15) is 14.4 Å². The molecule has 2 heterocycles. The second-order valence-corrected chi connectivity index (χ2v) is 11.7. The predicted molar refractivity (Wildman–Crippen MR) is 143 cm³/mol. The molecule has 1 spiro atoms. The minimum Gasteiger partial charge on any atom is -0.458 e. The van der Waals surface area contributed by atoms with E-state index in [4.69, 9.17) is 9.84 Å². The number of carbonyl (C=O) groups excluding carboxylic acids is 3. The average molecular weight is 557 g/mol. The maximum Gasteiger partial charge on any atom is 0.331 e. The minimum atomic E-state index is -1.59. The maximum absolute atomic E-state index is 14.5. The number of fused-ring (bicyclic) bond motifs is 5. The van der Waals surface area contributed by atoms with Gasteiger partial charge in [-0.05, 0) is 49.6 Å². The van der Waals surface area contributed by atoms with E-state index in [1.807, 2.05) is 48.5 Å². The van der Waals surface area contributed by atoms with Gasteiger partial charge < -0.3 is 4.74 Å². The molecule has 1 fully saturated rings. The van der Waals surface area contributed by atoms with Crippen LogP contribution >= 0.6 is 15.9 Å². The number of carbonyl (C=O) groups is 3. The van der Waals surface area contributed by atoms with Gasteiger partial charge in [-0.3, -0.25) is 14.6 Å². The van der Waals surface area contributed by atoms with Crippen molar-refractivity contribution in [3.8, 4) is 0 Å². The summed E-state index contributed by atoms with van der Waals surface area (Å²) >= 11 is 3.48. The first-order chi connectivity index (χ1) is 17.6. The number of hydrogen-bond acceptors (Lipinski definition) is 6. The molecule has 186 valence electrons. The number of rotatable bonds is 2. The Kier molecular flexibility index (Phi) is 5.28. The first-order valence-electron chi connectivity index (χ1n) is 12.2. The number of hydrazone groups is 1. The van der Waals surface area contributed by atoms with Crippen molar-refractivity contribution in [2.24, 2.45) is 10.5 Å². The topological polar surface area (TPSA) is 76.0 Å². The molecule has 0 amide bonds. The molecule has 3 aliphatic rings. The van der Waals surface area contributed by atoms with E-state index in [0.29, 0.717) is 16.7 Å². The van der Waals surface area contributed by atoms with Crippen LogP contribution in [-0.4, -0.2) is 40.4 Å². The molecule has 3 aromatic rings. The number of hydrogen-bond donors (Lipinski definition) is 0. The summed E-state index contributed by atoms with van der Waals surface area (Å²) in [6, 6.07) is 20.2. The van der Waals surface area contributed by atoms with Gasteiger partial charge in [-0.1, -0.05) is 76.6 Å². The molecular formula is C30H25BrN2O4. The number of nitrogens with zero attached hydrogens (tertiary/aromatic N) is 2. The summed E-state index contributed by atoms with van der Waals surface area (Å²) in [5.74, 6) is -1.91. The number of Topliss-reactive ketones (excluding diaryl/α,β-unsaturated/α-hetero) is 2. The Morgan fingerprint density at radius 2 is 1.51 bits per heavy atom. The largest absolute Gasteiger partial charge is 0.458 e. The summed E-state index contributed by atoms with van der Waals surface area (Å²) in [4.78, 5) is 43.0. The summed E-state index contributed by atoms with van der Waals surface area (Å²) < 4.78 is 6.75. The maximum atomic E-state index is 14.5. The van der Waals surface area contributed by atoms with Crippen LogP contribution in [0.25, 0.3) is 0 Å². The van der Waals surface area contributed by atoms with Crippen LogP contribution in [-0.2, 0) is 9.53 Å². The normalized spacial score (nSPS) is 23.1. The molecule has 0 unspecified atom stereocenters. The summed E-state index contributed by atoms with van der Waals surface area (Å²) in [6.45, 7) is 5.41. The molecule has 0 N–H and O–H groups in total. The van der Waals surface area contributed by atoms with E-state index < -0.39 is 35.0 Å². The Bertz CT molecular complexity index is 1450. The van der Waals surface area contributed by atoms with Crippen molar-refractivity contribution in [3.05, 3.63) is 105 Å². The van der Waals surface area contributed by atoms with Gasteiger partial charge in [0.05, 0.1) is 12.3 Å². The van der Waals surface area contributed by atoms with E-state index in [2.05, 4.69) is 15.9 Å². The molecule has 7 heteroatoms. The molecule has 2 aliphatic heterocycles. The zero-order chi connectivity index (χ0) is 26.1. The van der Waals surface area contributed by atoms with Crippen LogP contribution in [0.15, 0.2) is 82.4 Å². The zero-order valence-electron chi connectivity index (χ0n) is 20.6. The summed E-state index contributed by atoms with van der Waals surface area (Å²) in [5.41, 5.74) is 0.719. The molecule has 0 bridgehead atoms. The van der Waals surface area contributed by atoms with Crippen molar-refractivity contribution in [1.29, 1.82) is 0 Å². The van der Waals surface area contributed by atoms with Crippen LogP contribution < -0.4 is 0 Å². The van der Waals surface area contributed by atoms with Gasteiger partial charge in [-0.2, -0.15) is 5.10 Å². The van der Waals surface area contributed by atoms with Gasteiger partial charge in [0, 0.05) is 21.5 Å². The second kappa shape index (κ2) is 8.21. The van der Waals surface area contributed by atoms with Crippen LogP contribution in [0.4, 0.5) is 0 Å². The predicted octanol–water partition coefficient (Wildman–Crippen LogP) is 5.71. The van der Waals surface area contributed by atoms with E-state index in [-0.39, 0.29) is 11.6 Å². The highest BCUT2D eigenvalue weighted by atomic mass is 79.9. The Balaban J connectivity index is 1.67. The highest BCUT2D eigenvalue weighted by Gasteiger charge is 2.73. The summed E-state index contributed by atoms with van der Waals surface area (Å²) in [7, 11) is 0. The van der Waals surface area contributed by atoms with Gasteiger partial charge in [0.2, 0.25) is 0 Å². The fourth-order valence-corrected chi connectivity index (χ4v) is 6.42. The van der Waals surface area contributed by atoms with Crippen molar-refractivity contribution in [2.75, 3.05) is 0 Å². The monoisotopic (exact) mass is 556 g/mol. The highest BCUT2D eigenvalue weighted by molar-refractivity contribution is 9.10. The Morgan fingerprint density at radius 1 is 0.919 bits per heavy atom. The van der Waals surface area contributed by atoms with Gasteiger partial charge in [0.15, 0.2) is 17.6 Å². The molecule has 0 aromatic heterocycles. The van der Waals surface area contributed by atoms with Crippen LogP contribution in [0.3, 0.4) is 0 Å². The van der Waals surface area contributed by atoms with Crippen molar-refractivity contribution in [1.82, 2.24) is 5.01 Å². The van der Waals surface area contributed by atoms with E-state index in [1.165, 1.54) is 0 Å². The summed E-state index contributed by atoms with van der Waals surface area (Å²) in [6.07, 6.45) is 1.69. The molecule has 6 rings (SSSR count). The van der Waals surface area contributed by atoms with Gasteiger partial charge >= 0.3 is 5.97 Å². The molecule has 3 atom stereocenters. The fourth-order valence-electron chi connectivity index (χ4n) is 6.15. The van der Waals surface area contributed by atoms with E-state index >= 15 is 0 Å². The lowest BCUT2D eigenvalue weighted by Crippen LogP contribution is -2.44. The Hall–Kier alpha value is -3.58. The quantitative estimate of drug-likeness (QED) is 0.298. The third-order valence-electron chi connectivity index (χ3n) is 7.45. The second-order valence-electron chi connectivity index (χ2n) is 10.7. The molecule has 37 heavy (non-hydrogen) atoms. The van der Waals surface area contributed by atoms with Crippen LogP contribution in [0, 0.1) is 5.41 Å². The number of ketones is 2. The van der Waals surface area contributed by atoms with Gasteiger partial charge in [0.25, 0.3) is 0 Å².